The van der Waals surface area contributed by atoms with Gasteiger partial charge in [0.2, 0.25) is 0 Å². The van der Waals surface area contributed by atoms with E-state index in [0.29, 0.717) is 12.1 Å². The van der Waals surface area contributed by atoms with E-state index in [-0.39, 0.29) is 5.91 Å². The molecule has 0 N–H and O–H groups in total. The van der Waals surface area contributed by atoms with Crippen molar-refractivity contribution in [3.63, 3.8) is 0 Å². The topological polar surface area (TPSA) is 36.4 Å². The first-order chi connectivity index (χ1) is 12.9. The zero-order valence-electron chi connectivity index (χ0n) is 16.4. The number of aromatic nitrogens is 1. The van der Waals surface area contributed by atoms with Crippen LogP contribution in [0.4, 0.5) is 5.13 Å². The number of amides is 1. The number of hydrogen-bond donors (Lipinski definition) is 0. The number of fused-ring (bicyclic) bond motifs is 1. The van der Waals surface area contributed by atoms with E-state index in [1.165, 1.54) is 5.56 Å². The fourth-order valence-electron chi connectivity index (χ4n) is 2.97. The Labute approximate surface area is 169 Å². The lowest BCUT2D eigenvalue weighted by atomic mass is 10.1. The molecule has 0 bridgehead atoms. The maximum Gasteiger partial charge on any atom is 0.260 e. The zero-order valence-corrected chi connectivity index (χ0v) is 18.1. The predicted octanol–water partition coefficient (Wildman–Crippen LogP) is 4.84. The number of thioether (sulfide) groups is 1. The fourth-order valence-corrected chi connectivity index (χ4v) is 4.60. The number of anilines is 1. The fraction of sp³-hybridized carbons (Fsp3) is 0.333. The first-order valence-electron chi connectivity index (χ1n) is 8.87. The Morgan fingerprint density at radius 2 is 1.93 bits per heavy atom. The van der Waals surface area contributed by atoms with Crippen LogP contribution >= 0.6 is 23.1 Å². The summed E-state index contributed by atoms with van der Waals surface area (Å²) in [6.07, 6.45) is 2.02. The van der Waals surface area contributed by atoms with Crippen molar-refractivity contribution in [3.8, 4) is 0 Å². The number of aryl methyl sites for hydroxylation is 2. The Morgan fingerprint density at radius 1 is 1.15 bits per heavy atom. The first-order valence-corrected chi connectivity index (χ1v) is 10.9. The minimum Gasteiger partial charge on any atom is -0.308 e. The molecule has 3 aromatic rings. The number of thiazole rings is 1. The first kappa shape index (κ1) is 19.9. The summed E-state index contributed by atoms with van der Waals surface area (Å²) >= 11 is 3.23. The van der Waals surface area contributed by atoms with Crippen molar-refractivity contribution in [3.05, 3.63) is 53.1 Å². The molecule has 142 valence electrons. The normalized spacial score (nSPS) is 11.3. The molecule has 4 nitrogen and oxygen atoms in total. The summed E-state index contributed by atoms with van der Waals surface area (Å²) in [5.74, 6) is 0.00109. The quantitative estimate of drug-likeness (QED) is 0.556. The average molecular weight is 400 g/mol. The second-order valence-corrected chi connectivity index (χ2v) is 8.81. The number of carbonyl (C=O) groups is 1. The summed E-state index contributed by atoms with van der Waals surface area (Å²) in [6.45, 7) is 5.55. The molecule has 0 aliphatic carbocycles. The van der Waals surface area contributed by atoms with Gasteiger partial charge in [-0.25, -0.2) is 4.98 Å². The Kier molecular flexibility index (Phi) is 6.19. The van der Waals surface area contributed by atoms with Crippen LogP contribution in [-0.2, 0) is 0 Å². The number of likely N-dealkylation sites (N-methyl/N-ethyl adjacent to an activating group) is 1. The van der Waals surface area contributed by atoms with Crippen LogP contribution in [0.3, 0.4) is 0 Å². The summed E-state index contributed by atoms with van der Waals surface area (Å²) in [5, 5.41) is 0.764. The second-order valence-electron chi connectivity index (χ2n) is 6.92. The third-order valence-electron chi connectivity index (χ3n) is 4.38. The van der Waals surface area contributed by atoms with Gasteiger partial charge in [0, 0.05) is 23.5 Å². The van der Waals surface area contributed by atoms with Gasteiger partial charge in [-0.05, 0) is 69.6 Å². The van der Waals surface area contributed by atoms with E-state index in [9.17, 15) is 4.79 Å². The monoisotopic (exact) mass is 399 g/mol. The van der Waals surface area contributed by atoms with E-state index in [4.69, 9.17) is 4.98 Å². The van der Waals surface area contributed by atoms with Gasteiger partial charge in [-0.2, -0.15) is 0 Å². The summed E-state index contributed by atoms with van der Waals surface area (Å²) in [5.41, 5.74) is 4.06. The zero-order chi connectivity index (χ0) is 19.6. The smallest absolute Gasteiger partial charge is 0.260 e. The van der Waals surface area contributed by atoms with Crippen molar-refractivity contribution in [1.82, 2.24) is 9.88 Å². The predicted molar refractivity (Wildman–Crippen MR) is 118 cm³/mol. The lowest BCUT2D eigenvalue weighted by Gasteiger charge is -2.22. The van der Waals surface area contributed by atoms with E-state index >= 15 is 0 Å². The molecule has 0 saturated carbocycles. The van der Waals surface area contributed by atoms with Crippen molar-refractivity contribution >= 4 is 44.4 Å². The highest BCUT2D eigenvalue weighted by Gasteiger charge is 2.22. The minimum absolute atomic E-state index is 0.00109. The Hall–Kier alpha value is -1.89. The highest BCUT2D eigenvalue weighted by Crippen LogP contribution is 2.32. The van der Waals surface area contributed by atoms with Crippen LogP contribution in [0.25, 0.3) is 10.2 Å². The van der Waals surface area contributed by atoms with E-state index in [1.807, 2.05) is 49.5 Å². The SMILES string of the molecule is CSc1cccc(C(=O)N(CCN(C)C)c2nc3c(C)cc(C)cc3s2)c1. The third kappa shape index (κ3) is 4.51. The molecule has 2 aromatic carbocycles. The van der Waals surface area contributed by atoms with Gasteiger partial charge in [0.25, 0.3) is 5.91 Å². The van der Waals surface area contributed by atoms with Crippen molar-refractivity contribution < 1.29 is 4.79 Å². The largest absolute Gasteiger partial charge is 0.308 e. The van der Waals surface area contributed by atoms with E-state index < -0.39 is 0 Å². The Morgan fingerprint density at radius 3 is 2.63 bits per heavy atom. The van der Waals surface area contributed by atoms with Gasteiger partial charge in [-0.1, -0.05) is 23.5 Å². The molecule has 0 unspecified atom stereocenters. The molecule has 1 amide bonds. The summed E-state index contributed by atoms with van der Waals surface area (Å²) in [4.78, 5) is 23.1. The van der Waals surface area contributed by atoms with Crippen LogP contribution in [0.5, 0.6) is 0 Å². The minimum atomic E-state index is 0.00109. The van der Waals surface area contributed by atoms with Gasteiger partial charge < -0.3 is 4.90 Å². The molecule has 0 saturated heterocycles. The highest BCUT2D eigenvalue weighted by molar-refractivity contribution is 7.98. The van der Waals surface area contributed by atoms with Gasteiger partial charge in [-0.3, -0.25) is 9.69 Å². The molecule has 1 heterocycles. The van der Waals surface area contributed by atoms with Gasteiger partial charge in [0.1, 0.15) is 0 Å². The molecule has 6 heteroatoms. The lowest BCUT2D eigenvalue weighted by molar-refractivity contribution is 0.0985. The van der Waals surface area contributed by atoms with Gasteiger partial charge in [0.05, 0.1) is 10.2 Å². The number of hydrogen-bond acceptors (Lipinski definition) is 5. The average Bonchev–Trinajstić information content (AvgIpc) is 3.05. The number of carbonyl (C=O) groups excluding carboxylic acids is 1. The van der Waals surface area contributed by atoms with Crippen LogP contribution in [-0.4, -0.2) is 49.2 Å². The molecular weight excluding hydrogens is 374 g/mol. The molecule has 0 aliphatic rings. The van der Waals surface area contributed by atoms with Crippen LogP contribution < -0.4 is 4.90 Å². The highest BCUT2D eigenvalue weighted by atomic mass is 32.2. The van der Waals surface area contributed by atoms with Crippen molar-refractivity contribution in [2.24, 2.45) is 0 Å². The van der Waals surface area contributed by atoms with Gasteiger partial charge >= 0.3 is 0 Å². The second kappa shape index (κ2) is 8.42. The molecule has 0 atom stereocenters. The standard InChI is InChI=1S/C21H25N3OS2/c1-14-11-15(2)19-18(12-14)27-21(22-19)24(10-9-23(3)4)20(25)16-7-6-8-17(13-16)26-5/h6-8,11-13H,9-10H2,1-5H3. The van der Waals surface area contributed by atoms with Crippen LogP contribution in [0, 0.1) is 13.8 Å². The van der Waals surface area contributed by atoms with Gasteiger partial charge in [-0.15, -0.1) is 11.8 Å². The van der Waals surface area contributed by atoms with Crippen LogP contribution in [0.2, 0.25) is 0 Å². The molecule has 1 aromatic heterocycles. The molecular formula is C21H25N3OS2. The Bertz CT molecular complexity index is 965. The summed E-state index contributed by atoms with van der Waals surface area (Å²) in [7, 11) is 4.03. The Balaban J connectivity index is 2.02. The summed E-state index contributed by atoms with van der Waals surface area (Å²) in [6, 6.07) is 12.1. The maximum atomic E-state index is 13.3. The van der Waals surface area contributed by atoms with Crippen molar-refractivity contribution in [2.45, 2.75) is 18.7 Å². The molecule has 3 rings (SSSR count). The maximum absolute atomic E-state index is 13.3. The van der Waals surface area contributed by atoms with Crippen molar-refractivity contribution in [1.29, 1.82) is 0 Å². The number of nitrogens with zero attached hydrogens (tertiary/aromatic N) is 3. The lowest BCUT2D eigenvalue weighted by Crippen LogP contribution is -2.36. The van der Waals surface area contributed by atoms with E-state index in [0.717, 1.165) is 32.4 Å². The van der Waals surface area contributed by atoms with E-state index in [2.05, 4.69) is 30.9 Å². The third-order valence-corrected chi connectivity index (χ3v) is 6.13. The molecule has 27 heavy (non-hydrogen) atoms. The number of rotatable bonds is 6. The van der Waals surface area contributed by atoms with E-state index in [1.54, 1.807) is 23.1 Å². The molecule has 0 spiro atoms. The number of benzene rings is 2. The summed E-state index contributed by atoms with van der Waals surface area (Å²) < 4.78 is 1.13. The molecule has 0 aliphatic heterocycles. The van der Waals surface area contributed by atoms with Crippen LogP contribution in [0.15, 0.2) is 41.3 Å². The van der Waals surface area contributed by atoms with Crippen LogP contribution in [0.1, 0.15) is 21.5 Å². The van der Waals surface area contributed by atoms with Gasteiger partial charge in [0.15, 0.2) is 5.13 Å². The molecule has 0 fully saturated rings. The van der Waals surface area contributed by atoms with Crippen molar-refractivity contribution in [2.75, 3.05) is 38.3 Å². The molecule has 0 radical (unpaired) electrons.